The highest BCUT2D eigenvalue weighted by Gasteiger charge is 2.03. The first-order valence-electron chi connectivity index (χ1n) is 6.37. The van der Waals surface area contributed by atoms with Gasteiger partial charge in [-0.3, -0.25) is 0 Å². The van der Waals surface area contributed by atoms with Crippen molar-refractivity contribution in [1.29, 1.82) is 0 Å². The largest absolute Gasteiger partial charge is 0.328 e. The van der Waals surface area contributed by atoms with Gasteiger partial charge in [-0.25, -0.2) is 4.98 Å². The van der Waals surface area contributed by atoms with E-state index in [1.807, 2.05) is 13.0 Å². The first-order chi connectivity index (χ1) is 8.56. The minimum atomic E-state index is 0.285. The summed E-state index contributed by atoms with van der Waals surface area (Å²) in [4.78, 5) is 4.37. The molecule has 2 rings (SSSR count). The van der Waals surface area contributed by atoms with Crippen molar-refractivity contribution in [3.05, 3.63) is 40.5 Å². The maximum Gasteiger partial charge on any atom is 0.132 e. The average Bonchev–Trinajstić information content (AvgIpc) is 2.30. The Bertz CT molecular complexity index is 549. The van der Waals surface area contributed by atoms with Crippen molar-refractivity contribution >= 4 is 22.5 Å². The van der Waals surface area contributed by atoms with Crippen molar-refractivity contribution in [3.8, 4) is 0 Å². The normalized spacial score (nSPS) is 12.9. The Morgan fingerprint density at radius 3 is 2.83 bits per heavy atom. The van der Waals surface area contributed by atoms with E-state index in [1.165, 1.54) is 5.56 Å². The quantitative estimate of drug-likeness (QED) is 0.850. The van der Waals surface area contributed by atoms with Gasteiger partial charge in [0.2, 0.25) is 0 Å². The molecule has 0 bridgehead atoms. The van der Waals surface area contributed by atoms with Crippen molar-refractivity contribution in [1.82, 2.24) is 4.98 Å². The summed E-state index contributed by atoms with van der Waals surface area (Å²) in [6.07, 6.45) is 3.26. The SMILES string of the molecule is Cc1cc2cc(CCCC(C)N)ccc2nc1Cl. The molecular formula is C15H19ClN2. The van der Waals surface area contributed by atoms with Gasteiger partial charge in [-0.15, -0.1) is 0 Å². The van der Waals surface area contributed by atoms with E-state index in [0.717, 1.165) is 35.7 Å². The second-order valence-electron chi connectivity index (χ2n) is 4.99. The number of fused-ring (bicyclic) bond motifs is 1. The van der Waals surface area contributed by atoms with Crippen LogP contribution in [-0.2, 0) is 6.42 Å². The highest BCUT2D eigenvalue weighted by Crippen LogP contribution is 2.21. The van der Waals surface area contributed by atoms with Crippen LogP contribution in [0, 0.1) is 6.92 Å². The number of pyridine rings is 1. The molecule has 0 fully saturated rings. The van der Waals surface area contributed by atoms with Gasteiger partial charge in [0.1, 0.15) is 5.15 Å². The van der Waals surface area contributed by atoms with Gasteiger partial charge < -0.3 is 5.73 Å². The van der Waals surface area contributed by atoms with Gasteiger partial charge in [-0.1, -0.05) is 17.7 Å². The molecular weight excluding hydrogens is 244 g/mol. The molecule has 0 saturated heterocycles. The summed E-state index contributed by atoms with van der Waals surface area (Å²) >= 11 is 6.02. The smallest absolute Gasteiger partial charge is 0.132 e. The molecule has 1 aromatic heterocycles. The molecule has 1 aromatic carbocycles. The van der Waals surface area contributed by atoms with E-state index in [2.05, 4.69) is 30.1 Å². The first-order valence-corrected chi connectivity index (χ1v) is 6.75. The molecule has 1 atom stereocenters. The van der Waals surface area contributed by atoms with E-state index in [-0.39, 0.29) is 6.04 Å². The number of nitrogens with two attached hydrogens (primary N) is 1. The van der Waals surface area contributed by atoms with Crippen LogP contribution in [0.2, 0.25) is 5.15 Å². The Balaban J connectivity index is 2.19. The zero-order chi connectivity index (χ0) is 13.1. The number of nitrogens with zero attached hydrogens (tertiary/aromatic N) is 1. The van der Waals surface area contributed by atoms with Crippen molar-refractivity contribution in [2.45, 2.75) is 39.2 Å². The third kappa shape index (κ3) is 3.21. The number of hydrogen-bond acceptors (Lipinski definition) is 2. The number of halogens is 1. The van der Waals surface area contributed by atoms with Crippen molar-refractivity contribution in [2.75, 3.05) is 0 Å². The molecule has 2 nitrogen and oxygen atoms in total. The predicted octanol–water partition coefficient (Wildman–Crippen LogP) is 3.87. The van der Waals surface area contributed by atoms with E-state index in [1.54, 1.807) is 0 Å². The summed E-state index contributed by atoms with van der Waals surface area (Å²) in [7, 11) is 0. The highest BCUT2D eigenvalue weighted by atomic mass is 35.5. The highest BCUT2D eigenvalue weighted by molar-refractivity contribution is 6.30. The fourth-order valence-corrected chi connectivity index (χ4v) is 2.24. The fourth-order valence-electron chi connectivity index (χ4n) is 2.09. The zero-order valence-electron chi connectivity index (χ0n) is 10.9. The second kappa shape index (κ2) is 5.68. The molecule has 1 unspecified atom stereocenters. The maximum absolute atomic E-state index is 6.02. The number of aromatic nitrogens is 1. The minimum Gasteiger partial charge on any atom is -0.328 e. The van der Waals surface area contributed by atoms with Crippen LogP contribution in [0.15, 0.2) is 24.3 Å². The molecule has 2 aromatic rings. The van der Waals surface area contributed by atoms with E-state index < -0.39 is 0 Å². The van der Waals surface area contributed by atoms with Crippen molar-refractivity contribution in [3.63, 3.8) is 0 Å². The summed E-state index contributed by atoms with van der Waals surface area (Å²) in [5.41, 5.74) is 9.08. The van der Waals surface area contributed by atoms with Gasteiger partial charge in [0.25, 0.3) is 0 Å². The fraction of sp³-hybridized carbons (Fsp3) is 0.400. The molecule has 96 valence electrons. The minimum absolute atomic E-state index is 0.285. The van der Waals surface area contributed by atoms with Crippen LogP contribution in [0.5, 0.6) is 0 Å². The lowest BCUT2D eigenvalue weighted by atomic mass is 10.0. The molecule has 0 radical (unpaired) electrons. The number of hydrogen-bond donors (Lipinski definition) is 1. The number of aryl methyl sites for hydroxylation is 2. The van der Waals surface area contributed by atoms with Gasteiger partial charge >= 0.3 is 0 Å². The lowest BCUT2D eigenvalue weighted by Crippen LogP contribution is -2.14. The van der Waals surface area contributed by atoms with Crippen LogP contribution in [-0.4, -0.2) is 11.0 Å². The Labute approximate surface area is 113 Å². The topological polar surface area (TPSA) is 38.9 Å². The summed E-state index contributed by atoms with van der Waals surface area (Å²) in [5.74, 6) is 0. The third-order valence-corrected chi connectivity index (χ3v) is 3.52. The van der Waals surface area contributed by atoms with Gasteiger partial charge in [0.05, 0.1) is 5.52 Å². The molecule has 0 aliphatic heterocycles. The standard InChI is InChI=1S/C15H19ClN2/c1-10-8-13-9-12(5-3-4-11(2)17)6-7-14(13)18-15(10)16/h6-9,11H,3-5,17H2,1-2H3. The Hall–Kier alpha value is -1.12. The average molecular weight is 263 g/mol. The van der Waals surface area contributed by atoms with Crippen molar-refractivity contribution < 1.29 is 0 Å². The Morgan fingerprint density at radius 1 is 1.33 bits per heavy atom. The number of rotatable bonds is 4. The van der Waals surface area contributed by atoms with Crippen LogP contribution in [0.1, 0.15) is 30.9 Å². The van der Waals surface area contributed by atoms with Gasteiger partial charge in [0, 0.05) is 11.4 Å². The second-order valence-corrected chi connectivity index (χ2v) is 5.35. The van der Waals surface area contributed by atoms with E-state index >= 15 is 0 Å². The Morgan fingerprint density at radius 2 is 2.11 bits per heavy atom. The van der Waals surface area contributed by atoms with Crippen LogP contribution < -0.4 is 5.73 Å². The van der Waals surface area contributed by atoms with Crippen LogP contribution >= 0.6 is 11.6 Å². The molecule has 0 spiro atoms. The molecule has 0 aliphatic carbocycles. The summed E-state index contributed by atoms with van der Waals surface area (Å²) in [6, 6.07) is 8.75. The van der Waals surface area contributed by atoms with E-state index in [9.17, 15) is 0 Å². The van der Waals surface area contributed by atoms with E-state index in [4.69, 9.17) is 17.3 Å². The third-order valence-electron chi connectivity index (χ3n) is 3.13. The summed E-state index contributed by atoms with van der Waals surface area (Å²) in [5, 5.41) is 1.75. The summed E-state index contributed by atoms with van der Waals surface area (Å²) < 4.78 is 0. The van der Waals surface area contributed by atoms with Crippen LogP contribution in [0.25, 0.3) is 10.9 Å². The predicted molar refractivity (Wildman–Crippen MR) is 78.1 cm³/mol. The molecule has 1 heterocycles. The maximum atomic E-state index is 6.02. The van der Waals surface area contributed by atoms with Gasteiger partial charge in [-0.05, 0) is 62.4 Å². The van der Waals surface area contributed by atoms with E-state index in [0.29, 0.717) is 5.15 Å². The molecule has 0 amide bonds. The molecule has 0 saturated carbocycles. The van der Waals surface area contributed by atoms with Gasteiger partial charge in [-0.2, -0.15) is 0 Å². The molecule has 2 N–H and O–H groups in total. The first kappa shape index (κ1) is 13.3. The number of benzene rings is 1. The van der Waals surface area contributed by atoms with Gasteiger partial charge in [0.15, 0.2) is 0 Å². The van der Waals surface area contributed by atoms with Crippen molar-refractivity contribution in [2.24, 2.45) is 5.73 Å². The van der Waals surface area contributed by atoms with Crippen LogP contribution in [0.4, 0.5) is 0 Å². The molecule has 0 aliphatic rings. The monoisotopic (exact) mass is 262 g/mol. The van der Waals surface area contributed by atoms with Crippen LogP contribution in [0.3, 0.4) is 0 Å². The zero-order valence-corrected chi connectivity index (χ0v) is 11.7. The molecule has 3 heteroatoms. The molecule has 18 heavy (non-hydrogen) atoms. The lowest BCUT2D eigenvalue weighted by Gasteiger charge is -2.07. The Kier molecular flexibility index (Phi) is 4.20. The summed E-state index contributed by atoms with van der Waals surface area (Å²) in [6.45, 7) is 4.03. The lowest BCUT2D eigenvalue weighted by molar-refractivity contribution is 0.624.